The molecule has 1 N–H and O–H groups in total. The molecule has 1 amide bonds. The maximum atomic E-state index is 12.4. The molecule has 1 saturated heterocycles. The van der Waals surface area contributed by atoms with Crippen molar-refractivity contribution in [3.8, 4) is 5.75 Å². The van der Waals surface area contributed by atoms with E-state index in [9.17, 15) is 18.0 Å². The first-order valence-electron chi connectivity index (χ1n) is 6.73. The number of rotatable bonds is 6. The van der Waals surface area contributed by atoms with Crippen molar-refractivity contribution in [1.29, 1.82) is 0 Å². The Morgan fingerprint density at radius 3 is 2.64 bits per heavy atom. The summed E-state index contributed by atoms with van der Waals surface area (Å²) >= 11 is 0. The lowest BCUT2D eigenvalue weighted by atomic mass is 10.1. The molecule has 8 heteroatoms. The third-order valence-corrected chi connectivity index (χ3v) is 3.08. The normalized spacial score (nSPS) is 18.2. The van der Waals surface area contributed by atoms with Crippen molar-refractivity contribution in [2.45, 2.75) is 12.6 Å². The summed E-state index contributed by atoms with van der Waals surface area (Å²) in [6, 6.07) is 4.10. The van der Waals surface area contributed by atoms with Crippen LogP contribution in [0.15, 0.2) is 24.3 Å². The average Bonchev–Trinajstić information content (AvgIpc) is 2.98. The fourth-order valence-electron chi connectivity index (χ4n) is 1.87. The zero-order chi connectivity index (χ0) is 16.0. The summed E-state index contributed by atoms with van der Waals surface area (Å²) < 4.78 is 47.3. The summed E-state index contributed by atoms with van der Waals surface area (Å²) in [5, 5.41) is 0. The van der Waals surface area contributed by atoms with E-state index in [2.05, 4.69) is 5.48 Å². The Morgan fingerprint density at radius 2 is 2.05 bits per heavy atom. The van der Waals surface area contributed by atoms with Gasteiger partial charge in [0, 0.05) is 12.5 Å². The van der Waals surface area contributed by atoms with Crippen molar-refractivity contribution in [2.75, 3.05) is 26.4 Å². The third kappa shape index (κ3) is 5.19. The van der Waals surface area contributed by atoms with Crippen molar-refractivity contribution < 1.29 is 32.3 Å². The summed E-state index contributed by atoms with van der Waals surface area (Å²) in [5.41, 5.74) is 1.44. The van der Waals surface area contributed by atoms with Crippen molar-refractivity contribution >= 4 is 5.91 Å². The highest BCUT2D eigenvalue weighted by Gasteiger charge is 2.30. The van der Waals surface area contributed by atoms with Crippen molar-refractivity contribution in [2.24, 2.45) is 5.92 Å². The molecule has 1 heterocycles. The van der Waals surface area contributed by atoms with E-state index in [0.29, 0.717) is 19.8 Å². The molecule has 0 bridgehead atoms. The second kappa shape index (κ2) is 7.46. The van der Waals surface area contributed by atoms with Crippen LogP contribution in [0.2, 0.25) is 0 Å². The van der Waals surface area contributed by atoms with Crippen LogP contribution in [-0.4, -0.2) is 32.3 Å². The van der Waals surface area contributed by atoms with Gasteiger partial charge in [-0.1, -0.05) is 0 Å². The minimum absolute atomic E-state index is 0.173. The lowest BCUT2D eigenvalue weighted by Crippen LogP contribution is -2.31. The summed E-state index contributed by atoms with van der Waals surface area (Å²) in [6.45, 7) is 1.31. The van der Waals surface area contributed by atoms with Crippen LogP contribution in [0, 0.1) is 5.92 Å². The summed E-state index contributed by atoms with van der Waals surface area (Å²) in [5.74, 6) is -0.0812. The highest BCUT2D eigenvalue weighted by atomic mass is 19.4. The Kier molecular flexibility index (Phi) is 5.62. The molecule has 1 fully saturated rings. The molecular formula is C14H16F3NO4. The van der Waals surface area contributed by atoms with Gasteiger partial charge < -0.3 is 9.47 Å². The zero-order valence-corrected chi connectivity index (χ0v) is 11.7. The van der Waals surface area contributed by atoms with E-state index in [1.54, 1.807) is 0 Å². The lowest BCUT2D eigenvalue weighted by Gasteiger charge is -2.11. The molecule has 2 rings (SSSR count). The van der Waals surface area contributed by atoms with Crippen molar-refractivity contribution in [1.82, 2.24) is 5.48 Å². The predicted molar refractivity (Wildman–Crippen MR) is 70.0 cm³/mol. The quantitative estimate of drug-likeness (QED) is 0.817. The first-order chi connectivity index (χ1) is 10.4. The first-order valence-corrected chi connectivity index (χ1v) is 6.73. The van der Waals surface area contributed by atoms with Crippen LogP contribution in [0.3, 0.4) is 0 Å². The SMILES string of the molecule is O=C(COc1ccc(C(F)(F)F)cc1)NOCC1CCOC1. The van der Waals surface area contributed by atoms with Gasteiger partial charge in [-0.05, 0) is 30.7 Å². The van der Waals surface area contributed by atoms with Gasteiger partial charge in [0.05, 0.1) is 18.8 Å². The molecule has 1 aromatic carbocycles. The molecule has 5 nitrogen and oxygen atoms in total. The van der Waals surface area contributed by atoms with Gasteiger partial charge in [-0.15, -0.1) is 0 Å². The van der Waals surface area contributed by atoms with Gasteiger partial charge in [0.25, 0.3) is 5.91 Å². The molecule has 0 aromatic heterocycles. The number of hydrogen-bond acceptors (Lipinski definition) is 4. The van der Waals surface area contributed by atoms with Crippen LogP contribution in [0.25, 0.3) is 0 Å². The van der Waals surface area contributed by atoms with Crippen LogP contribution in [-0.2, 0) is 20.5 Å². The molecular weight excluding hydrogens is 303 g/mol. The molecule has 0 aliphatic carbocycles. The van der Waals surface area contributed by atoms with E-state index < -0.39 is 17.6 Å². The maximum absolute atomic E-state index is 12.4. The topological polar surface area (TPSA) is 56.8 Å². The molecule has 1 aliphatic rings. The molecule has 1 unspecified atom stereocenters. The minimum Gasteiger partial charge on any atom is -0.484 e. The molecule has 0 radical (unpaired) electrons. The number of alkyl halides is 3. The Hall–Kier alpha value is -1.80. The van der Waals surface area contributed by atoms with Crippen LogP contribution in [0.1, 0.15) is 12.0 Å². The van der Waals surface area contributed by atoms with Gasteiger partial charge in [0.1, 0.15) is 5.75 Å². The van der Waals surface area contributed by atoms with Crippen molar-refractivity contribution in [3.05, 3.63) is 29.8 Å². The standard InChI is InChI=1S/C14H16F3NO4/c15-14(16,17)11-1-3-12(4-2-11)21-9-13(19)18-22-8-10-5-6-20-7-10/h1-4,10H,5-9H2,(H,18,19). The maximum Gasteiger partial charge on any atom is 0.416 e. The number of nitrogens with one attached hydrogen (secondary N) is 1. The van der Waals surface area contributed by atoms with Crippen molar-refractivity contribution in [3.63, 3.8) is 0 Å². The molecule has 122 valence electrons. The first kappa shape index (κ1) is 16.6. The lowest BCUT2D eigenvalue weighted by molar-refractivity contribution is -0.138. The summed E-state index contributed by atoms with van der Waals surface area (Å²) in [7, 11) is 0. The van der Waals surface area contributed by atoms with Crippen LogP contribution in [0.4, 0.5) is 13.2 Å². The second-order valence-electron chi connectivity index (χ2n) is 4.88. The number of carbonyl (C=O) groups excluding carboxylic acids is 1. The average molecular weight is 319 g/mol. The highest BCUT2D eigenvalue weighted by molar-refractivity contribution is 5.76. The summed E-state index contributed by atoms with van der Waals surface area (Å²) in [4.78, 5) is 16.5. The number of ether oxygens (including phenoxy) is 2. The molecule has 0 spiro atoms. The van der Waals surface area contributed by atoms with Gasteiger partial charge in [-0.3, -0.25) is 9.63 Å². The number of hydroxylamine groups is 1. The van der Waals surface area contributed by atoms with Gasteiger partial charge >= 0.3 is 6.18 Å². The Morgan fingerprint density at radius 1 is 1.32 bits per heavy atom. The molecule has 1 atom stereocenters. The number of halogens is 3. The van der Waals surface area contributed by atoms with E-state index in [4.69, 9.17) is 14.3 Å². The van der Waals surface area contributed by atoms with Crippen LogP contribution in [0.5, 0.6) is 5.75 Å². The minimum atomic E-state index is -4.40. The predicted octanol–water partition coefficient (Wildman–Crippen LogP) is 2.17. The zero-order valence-electron chi connectivity index (χ0n) is 11.7. The van der Waals surface area contributed by atoms with E-state index >= 15 is 0 Å². The largest absolute Gasteiger partial charge is 0.484 e. The monoisotopic (exact) mass is 319 g/mol. The van der Waals surface area contributed by atoms with Crippen LogP contribution >= 0.6 is 0 Å². The fraction of sp³-hybridized carbons (Fsp3) is 0.500. The van der Waals surface area contributed by atoms with Gasteiger partial charge in [-0.2, -0.15) is 13.2 Å². The Balaban J connectivity index is 1.67. The molecule has 1 aromatic rings. The van der Waals surface area contributed by atoms with E-state index in [0.717, 1.165) is 30.7 Å². The fourth-order valence-corrected chi connectivity index (χ4v) is 1.87. The molecule has 0 saturated carbocycles. The van der Waals surface area contributed by atoms with Gasteiger partial charge in [-0.25, -0.2) is 5.48 Å². The third-order valence-electron chi connectivity index (χ3n) is 3.08. The number of carbonyl (C=O) groups is 1. The highest BCUT2D eigenvalue weighted by Crippen LogP contribution is 2.30. The van der Waals surface area contributed by atoms with Crippen LogP contribution < -0.4 is 10.2 Å². The number of amides is 1. The number of hydrogen-bond donors (Lipinski definition) is 1. The van der Waals surface area contributed by atoms with Gasteiger partial charge in [0.2, 0.25) is 0 Å². The smallest absolute Gasteiger partial charge is 0.416 e. The summed E-state index contributed by atoms with van der Waals surface area (Å²) in [6.07, 6.45) is -3.51. The second-order valence-corrected chi connectivity index (χ2v) is 4.88. The molecule has 1 aliphatic heterocycles. The molecule has 22 heavy (non-hydrogen) atoms. The Bertz CT molecular complexity index is 484. The van der Waals surface area contributed by atoms with E-state index in [-0.39, 0.29) is 18.3 Å². The van der Waals surface area contributed by atoms with E-state index in [1.807, 2.05) is 0 Å². The number of benzene rings is 1. The van der Waals surface area contributed by atoms with Gasteiger partial charge in [0.15, 0.2) is 6.61 Å². The van der Waals surface area contributed by atoms with E-state index in [1.165, 1.54) is 0 Å². The Labute approximate surface area is 125 Å².